The molecule has 0 atom stereocenters. The molecule has 0 aliphatic heterocycles. The number of rotatable bonds is 5. The molecule has 2 aliphatic carbocycles. The number of aliphatic hydroxyl groups excluding tert-OH is 1. The molecule has 0 spiro atoms. The third-order valence-electron chi connectivity index (χ3n) is 5.16. The Balaban J connectivity index is 1.57. The van der Waals surface area contributed by atoms with Crippen LogP contribution in [0.25, 0.3) is 11.5 Å². The summed E-state index contributed by atoms with van der Waals surface area (Å²) in [5, 5.41) is 17.6. The van der Waals surface area contributed by atoms with Crippen LogP contribution < -0.4 is 5.32 Å². The number of hydrogen-bond acceptors (Lipinski definition) is 6. The number of aliphatic hydroxyl groups is 1. The fourth-order valence-electron chi connectivity index (χ4n) is 3.42. The largest absolute Gasteiger partial charge is 0.393 e. The number of aryl methyl sites for hydroxylation is 1. The summed E-state index contributed by atoms with van der Waals surface area (Å²) in [5.41, 5.74) is 2.62. The Morgan fingerprint density at radius 3 is 2.72 bits per heavy atom. The maximum Gasteiger partial charge on any atom is 0.223 e. The van der Waals surface area contributed by atoms with Crippen molar-refractivity contribution in [1.82, 2.24) is 15.1 Å². The lowest BCUT2D eigenvalue weighted by Crippen LogP contribution is -2.28. The average Bonchev–Trinajstić information content (AvgIpc) is 3.35. The Morgan fingerprint density at radius 1 is 1.24 bits per heavy atom. The van der Waals surface area contributed by atoms with Crippen molar-refractivity contribution in [3.63, 3.8) is 0 Å². The number of halogens is 1. The van der Waals surface area contributed by atoms with Gasteiger partial charge in [0.1, 0.15) is 5.69 Å². The van der Waals surface area contributed by atoms with Gasteiger partial charge in [-0.2, -0.15) is 0 Å². The standard InChI is InChI=1S/C18H23ClN4O2/c1-10-14(8-11-2-3-11)17(25-23-10)16-15(19)9-20-18(22-16)21-12-4-6-13(24)7-5-12/h9,11-13,24H,2-8H2,1H3,(H,20,21,22). The highest BCUT2D eigenvalue weighted by Gasteiger charge is 2.28. The van der Waals surface area contributed by atoms with Gasteiger partial charge in [0.05, 0.1) is 23.0 Å². The molecule has 0 radical (unpaired) electrons. The van der Waals surface area contributed by atoms with Crippen LogP contribution in [-0.4, -0.2) is 32.4 Å². The second-order valence-corrected chi connectivity index (χ2v) is 7.67. The van der Waals surface area contributed by atoms with Gasteiger partial charge in [-0.15, -0.1) is 0 Å². The van der Waals surface area contributed by atoms with Crippen molar-refractivity contribution in [2.24, 2.45) is 5.92 Å². The molecule has 25 heavy (non-hydrogen) atoms. The lowest BCUT2D eigenvalue weighted by molar-refractivity contribution is 0.126. The van der Waals surface area contributed by atoms with Crippen LogP contribution in [0.4, 0.5) is 5.95 Å². The first kappa shape index (κ1) is 16.8. The van der Waals surface area contributed by atoms with E-state index in [-0.39, 0.29) is 12.1 Å². The third-order valence-corrected chi connectivity index (χ3v) is 5.44. The van der Waals surface area contributed by atoms with Crippen LogP contribution >= 0.6 is 11.6 Å². The molecule has 2 saturated carbocycles. The molecule has 0 unspecified atom stereocenters. The van der Waals surface area contributed by atoms with E-state index in [1.165, 1.54) is 12.8 Å². The number of hydrogen-bond donors (Lipinski definition) is 2. The Labute approximate surface area is 152 Å². The predicted octanol–water partition coefficient (Wildman–Crippen LogP) is 3.76. The first-order valence-electron chi connectivity index (χ1n) is 9.03. The number of nitrogens with one attached hydrogen (secondary N) is 1. The monoisotopic (exact) mass is 362 g/mol. The maximum absolute atomic E-state index is 9.64. The zero-order valence-corrected chi connectivity index (χ0v) is 15.1. The lowest BCUT2D eigenvalue weighted by Gasteiger charge is -2.26. The molecule has 2 aromatic rings. The Bertz CT molecular complexity index is 752. The first-order valence-corrected chi connectivity index (χ1v) is 9.40. The molecule has 0 amide bonds. The van der Waals surface area contributed by atoms with Crippen molar-refractivity contribution in [2.45, 2.75) is 64.0 Å². The van der Waals surface area contributed by atoms with Gasteiger partial charge < -0.3 is 14.9 Å². The van der Waals surface area contributed by atoms with Gasteiger partial charge in [0, 0.05) is 11.6 Å². The van der Waals surface area contributed by atoms with E-state index in [0.29, 0.717) is 22.4 Å². The van der Waals surface area contributed by atoms with Crippen LogP contribution in [0.1, 0.15) is 49.8 Å². The minimum Gasteiger partial charge on any atom is -0.393 e. The lowest BCUT2D eigenvalue weighted by atomic mass is 9.93. The molecule has 134 valence electrons. The van der Waals surface area contributed by atoms with E-state index >= 15 is 0 Å². The van der Waals surface area contributed by atoms with Gasteiger partial charge in [0.15, 0.2) is 5.76 Å². The summed E-state index contributed by atoms with van der Waals surface area (Å²) in [4.78, 5) is 8.92. The Hall–Kier alpha value is -1.66. The molecule has 6 nitrogen and oxygen atoms in total. The van der Waals surface area contributed by atoms with Gasteiger partial charge in [-0.25, -0.2) is 9.97 Å². The molecule has 7 heteroatoms. The van der Waals surface area contributed by atoms with E-state index in [4.69, 9.17) is 16.1 Å². The highest BCUT2D eigenvalue weighted by atomic mass is 35.5. The van der Waals surface area contributed by atoms with E-state index in [1.54, 1.807) is 6.20 Å². The van der Waals surface area contributed by atoms with Crippen molar-refractivity contribution in [3.8, 4) is 11.5 Å². The normalized spacial score (nSPS) is 23.6. The van der Waals surface area contributed by atoms with Crippen molar-refractivity contribution < 1.29 is 9.63 Å². The minimum atomic E-state index is -0.179. The summed E-state index contributed by atoms with van der Waals surface area (Å²) in [6, 6.07) is 0.278. The second kappa shape index (κ2) is 6.92. The Morgan fingerprint density at radius 2 is 2.00 bits per heavy atom. The molecular weight excluding hydrogens is 340 g/mol. The highest BCUT2D eigenvalue weighted by Crippen LogP contribution is 2.38. The molecule has 2 aromatic heterocycles. The summed E-state index contributed by atoms with van der Waals surface area (Å²) in [5.74, 6) is 1.94. The van der Waals surface area contributed by atoms with Gasteiger partial charge in [-0.1, -0.05) is 16.8 Å². The average molecular weight is 363 g/mol. The quantitative estimate of drug-likeness (QED) is 0.842. The third kappa shape index (κ3) is 3.80. The summed E-state index contributed by atoms with van der Waals surface area (Å²) in [6.07, 6.45) is 8.38. The van der Waals surface area contributed by atoms with Gasteiger partial charge in [0.25, 0.3) is 0 Å². The summed E-state index contributed by atoms with van der Waals surface area (Å²) in [7, 11) is 0. The first-order chi connectivity index (χ1) is 12.1. The highest BCUT2D eigenvalue weighted by molar-refractivity contribution is 6.32. The molecule has 4 rings (SSSR count). The maximum atomic E-state index is 9.64. The fourth-order valence-corrected chi connectivity index (χ4v) is 3.60. The van der Waals surface area contributed by atoms with Crippen molar-refractivity contribution in [1.29, 1.82) is 0 Å². The molecule has 2 fully saturated rings. The molecule has 2 heterocycles. The Kier molecular flexibility index (Phi) is 4.65. The fraction of sp³-hybridized carbons (Fsp3) is 0.611. The van der Waals surface area contributed by atoms with E-state index in [0.717, 1.165) is 49.3 Å². The van der Waals surface area contributed by atoms with E-state index in [2.05, 4.69) is 20.4 Å². The smallest absolute Gasteiger partial charge is 0.223 e. The summed E-state index contributed by atoms with van der Waals surface area (Å²) < 4.78 is 5.56. The second-order valence-electron chi connectivity index (χ2n) is 7.26. The summed E-state index contributed by atoms with van der Waals surface area (Å²) >= 11 is 6.35. The zero-order chi connectivity index (χ0) is 17.4. The van der Waals surface area contributed by atoms with E-state index in [9.17, 15) is 5.11 Å². The molecular formula is C18H23ClN4O2. The van der Waals surface area contributed by atoms with Crippen LogP contribution in [0.5, 0.6) is 0 Å². The minimum absolute atomic E-state index is 0.179. The van der Waals surface area contributed by atoms with Crippen molar-refractivity contribution in [2.75, 3.05) is 5.32 Å². The molecule has 0 aromatic carbocycles. The van der Waals surface area contributed by atoms with Crippen LogP contribution in [0, 0.1) is 12.8 Å². The number of anilines is 1. The predicted molar refractivity (Wildman–Crippen MR) is 95.6 cm³/mol. The van der Waals surface area contributed by atoms with Gasteiger partial charge in [-0.05, 0) is 57.8 Å². The van der Waals surface area contributed by atoms with Crippen LogP contribution in [0.15, 0.2) is 10.7 Å². The van der Waals surface area contributed by atoms with Gasteiger partial charge >= 0.3 is 0 Å². The van der Waals surface area contributed by atoms with E-state index in [1.807, 2.05) is 6.92 Å². The summed E-state index contributed by atoms with van der Waals surface area (Å²) in [6.45, 7) is 1.96. The SMILES string of the molecule is Cc1noc(-c2nc(NC3CCC(O)CC3)ncc2Cl)c1CC1CC1. The molecule has 2 N–H and O–H groups in total. The van der Waals surface area contributed by atoms with Crippen molar-refractivity contribution in [3.05, 3.63) is 22.5 Å². The van der Waals surface area contributed by atoms with E-state index < -0.39 is 0 Å². The zero-order valence-electron chi connectivity index (χ0n) is 14.3. The van der Waals surface area contributed by atoms with Crippen LogP contribution in [0.2, 0.25) is 5.02 Å². The molecule has 0 saturated heterocycles. The van der Waals surface area contributed by atoms with Crippen LogP contribution in [0.3, 0.4) is 0 Å². The molecule has 2 aliphatic rings. The topological polar surface area (TPSA) is 84.1 Å². The van der Waals surface area contributed by atoms with Gasteiger partial charge in [0.2, 0.25) is 5.95 Å². The van der Waals surface area contributed by atoms with Crippen LogP contribution in [-0.2, 0) is 6.42 Å². The number of nitrogens with zero attached hydrogens (tertiary/aromatic N) is 3. The number of aromatic nitrogens is 3. The van der Waals surface area contributed by atoms with Gasteiger partial charge in [-0.3, -0.25) is 0 Å². The molecule has 0 bridgehead atoms. The van der Waals surface area contributed by atoms with Crippen molar-refractivity contribution >= 4 is 17.5 Å².